The highest BCUT2D eigenvalue weighted by Gasteiger charge is 2.19. The van der Waals surface area contributed by atoms with Crippen molar-refractivity contribution in [2.45, 2.75) is 412 Å². The third kappa shape index (κ3) is 64.9. The maximum absolute atomic E-state index is 12.9. The topological polar surface area (TPSA) is 78.9 Å². The van der Waals surface area contributed by atoms with Crippen LogP contribution in [0.4, 0.5) is 0 Å². The number of unbranched alkanes of at least 4 members (excludes halogenated alkanes) is 53. The normalized spacial score (nSPS) is 12.0. The van der Waals surface area contributed by atoms with Gasteiger partial charge in [0.1, 0.15) is 13.2 Å². The Morgan fingerprint density at radius 2 is 0.455 bits per heavy atom. The number of hydrogen-bond donors (Lipinski definition) is 0. The molecule has 0 saturated heterocycles. The van der Waals surface area contributed by atoms with Crippen molar-refractivity contribution < 1.29 is 28.6 Å². The summed E-state index contributed by atoms with van der Waals surface area (Å²) in [6.07, 6.45) is 79.8. The van der Waals surface area contributed by atoms with E-state index in [1.807, 2.05) is 0 Å². The molecule has 0 aliphatic heterocycles. The number of rotatable bonds is 66. The molecule has 456 valence electrons. The van der Waals surface area contributed by atoms with Crippen molar-refractivity contribution in [1.29, 1.82) is 0 Å². The lowest BCUT2D eigenvalue weighted by atomic mass is 10.0. The van der Waals surface area contributed by atoms with E-state index in [1.54, 1.807) is 0 Å². The van der Waals surface area contributed by atoms with Crippen molar-refractivity contribution >= 4 is 17.9 Å². The molecule has 0 aliphatic rings. The number of carbonyl (C=O) groups excluding carboxylic acids is 3. The Morgan fingerprint density at radius 3 is 0.701 bits per heavy atom. The molecule has 0 bridgehead atoms. The van der Waals surface area contributed by atoms with Crippen molar-refractivity contribution in [2.24, 2.45) is 0 Å². The number of ether oxygens (including phenoxy) is 3. The zero-order valence-corrected chi connectivity index (χ0v) is 52.5. The van der Waals surface area contributed by atoms with E-state index in [-0.39, 0.29) is 31.1 Å². The summed E-state index contributed by atoms with van der Waals surface area (Å²) < 4.78 is 16.9. The first-order chi connectivity index (χ1) is 38.0. The van der Waals surface area contributed by atoms with Crippen LogP contribution >= 0.6 is 0 Å². The summed E-state index contributed by atoms with van der Waals surface area (Å²) >= 11 is 0. The van der Waals surface area contributed by atoms with E-state index in [0.717, 1.165) is 70.6 Å². The molecule has 0 heterocycles. The highest BCUT2D eigenvalue weighted by Crippen LogP contribution is 2.19. The predicted octanol–water partition coefficient (Wildman–Crippen LogP) is 24.0. The monoisotopic (exact) mass is 1090 g/mol. The lowest BCUT2D eigenvalue weighted by Gasteiger charge is -2.18. The zero-order chi connectivity index (χ0) is 55.7. The maximum Gasteiger partial charge on any atom is 0.306 e. The quantitative estimate of drug-likeness (QED) is 0.0261. The summed E-state index contributed by atoms with van der Waals surface area (Å²) in [5, 5.41) is 0. The minimum Gasteiger partial charge on any atom is -0.462 e. The van der Waals surface area contributed by atoms with Crippen LogP contribution in [0.5, 0.6) is 0 Å². The van der Waals surface area contributed by atoms with Crippen LogP contribution in [0.3, 0.4) is 0 Å². The van der Waals surface area contributed by atoms with E-state index in [9.17, 15) is 14.4 Å². The van der Waals surface area contributed by atoms with Gasteiger partial charge in [0.05, 0.1) is 0 Å². The Morgan fingerprint density at radius 1 is 0.247 bits per heavy atom. The van der Waals surface area contributed by atoms with Crippen LogP contribution in [-0.2, 0) is 28.6 Å². The van der Waals surface area contributed by atoms with Crippen molar-refractivity contribution in [1.82, 2.24) is 0 Å². The van der Waals surface area contributed by atoms with Crippen LogP contribution in [0.15, 0.2) is 12.2 Å². The SMILES string of the molecule is CCC/C=C\CCCCCCCC(=O)OCC(COC(=O)CCCCCCCCCCCCCCCCCCCCCCCCCCCCCCCCC)OC(=O)CCCCCCCCCCCCCCCCCCCC. The predicted molar refractivity (Wildman–Crippen MR) is 335 cm³/mol. The molecule has 1 unspecified atom stereocenters. The average Bonchev–Trinajstić information content (AvgIpc) is 3.43. The van der Waals surface area contributed by atoms with Gasteiger partial charge < -0.3 is 14.2 Å². The fourth-order valence-electron chi connectivity index (χ4n) is 11.0. The van der Waals surface area contributed by atoms with Crippen molar-refractivity contribution in [2.75, 3.05) is 13.2 Å². The fourth-order valence-corrected chi connectivity index (χ4v) is 11.0. The standard InChI is InChI=1S/C71H136O6/c1-4-7-10-13-16-19-22-24-26-28-30-31-32-33-34-35-36-37-38-39-40-41-42-44-45-47-49-52-55-58-61-64-70(73)76-67-68(66-75-69(72)63-60-57-54-51-21-18-15-12-9-6-3)77-71(74)65-62-59-56-53-50-48-46-43-29-27-25-23-20-17-14-11-8-5-2/h12,15,68H,4-11,13-14,16-67H2,1-3H3/b15-12-. The summed E-state index contributed by atoms with van der Waals surface area (Å²) in [6, 6.07) is 0. The minimum atomic E-state index is -0.768. The van der Waals surface area contributed by atoms with Gasteiger partial charge in [0, 0.05) is 19.3 Å². The smallest absolute Gasteiger partial charge is 0.306 e. The number of allylic oxidation sites excluding steroid dienone is 2. The first-order valence-corrected chi connectivity index (χ1v) is 35.2. The highest BCUT2D eigenvalue weighted by molar-refractivity contribution is 5.71. The lowest BCUT2D eigenvalue weighted by molar-refractivity contribution is -0.167. The molecule has 0 fully saturated rings. The largest absolute Gasteiger partial charge is 0.462 e. The minimum absolute atomic E-state index is 0.0662. The van der Waals surface area contributed by atoms with Gasteiger partial charge in [0.15, 0.2) is 6.10 Å². The van der Waals surface area contributed by atoms with Crippen molar-refractivity contribution in [3.63, 3.8) is 0 Å². The number of esters is 3. The molecule has 0 spiro atoms. The molecule has 77 heavy (non-hydrogen) atoms. The van der Waals surface area contributed by atoms with Gasteiger partial charge in [-0.15, -0.1) is 0 Å². The molecule has 0 aromatic carbocycles. The van der Waals surface area contributed by atoms with E-state index in [0.29, 0.717) is 19.3 Å². The van der Waals surface area contributed by atoms with E-state index in [1.165, 1.54) is 295 Å². The summed E-state index contributed by atoms with van der Waals surface area (Å²) in [4.78, 5) is 38.3. The molecule has 0 radical (unpaired) electrons. The van der Waals surface area contributed by atoms with E-state index >= 15 is 0 Å². The molecule has 0 aromatic heterocycles. The molecule has 0 N–H and O–H groups in total. The molecular weight excluding hydrogens is 949 g/mol. The first kappa shape index (κ1) is 75.2. The number of hydrogen-bond acceptors (Lipinski definition) is 6. The Bertz CT molecular complexity index is 1200. The van der Waals surface area contributed by atoms with Crippen LogP contribution in [0.25, 0.3) is 0 Å². The second kappa shape index (κ2) is 66.7. The van der Waals surface area contributed by atoms with Gasteiger partial charge in [-0.05, 0) is 38.5 Å². The van der Waals surface area contributed by atoms with Gasteiger partial charge in [-0.3, -0.25) is 14.4 Å². The Balaban J connectivity index is 4.04. The molecule has 0 rings (SSSR count). The zero-order valence-electron chi connectivity index (χ0n) is 52.5. The van der Waals surface area contributed by atoms with Crippen LogP contribution in [0.1, 0.15) is 406 Å². The van der Waals surface area contributed by atoms with Gasteiger partial charge in [0.2, 0.25) is 0 Å². The van der Waals surface area contributed by atoms with E-state index < -0.39 is 6.10 Å². The lowest BCUT2D eigenvalue weighted by Crippen LogP contribution is -2.30. The van der Waals surface area contributed by atoms with Crippen LogP contribution < -0.4 is 0 Å². The first-order valence-electron chi connectivity index (χ1n) is 35.2. The summed E-state index contributed by atoms with van der Waals surface area (Å²) in [6.45, 7) is 6.66. The van der Waals surface area contributed by atoms with Crippen molar-refractivity contribution in [3.05, 3.63) is 12.2 Å². The molecule has 1 atom stereocenters. The van der Waals surface area contributed by atoms with E-state index in [2.05, 4.69) is 32.9 Å². The third-order valence-corrected chi connectivity index (χ3v) is 16.3. The Hall–Kier alpha value is -1.85. The van der Waals surface area contributed by atoms with Gasteiger partial charge in [-0.25, -0.2) is 0 Å². The van der Waals surface area contributed by atoms with Crippen molar-refractivity contribution in [3.8, 4) is 0 Å². The third-order valence-electron chi connectivity index (χ3n) is 16.3. The fraction of sp³-hybridized carbons (Fsp3) is 0.930. The molecule has 6 heteroatoms. The number of carbonyl (C=O) groups is 3. The van der Waals surface area contributed by atoms with Crippen LogP contribution in [-0.4, -0.2) is 37.2 Å². The summed E-state index contributed by atoms with van der Waals surface area (Å²) in [7, 11) is 0. The van der Waals surface area contributed by atoms with E-state index in [4.69, 9.17) is 14.2 Å². The molecule has 0 amide bonds. The molecule has 6 nitrogen and oxygen atoms in total. The van der Waals surface area contributed by atoms with Crippen LogP contribution in [0.2, 0.25) is 0 Å². The average molecular weight is 1090 g/mol. The molecule has 0 aliphatic carbocycles. The van der Waals surface area contributed by atoms with Crippen LogP contribution in [0, 0.1) is 0 Å². The summed E-state index contributed by atoms with van der Waals surface area (Å²) in [5.41, 5.74) is 0. The van der Waals surface area contributed by atoms with Gasteiger partial charge in [0.25, 0.3) is 0 Å². The Labute approximate surface area is 481 Å². The van der Waals surface area contributed by atoms with Gasteiger partial charge in [-0.1, -0.05) is 360 Å². The van der Waals surface area contributed by atoms with Gasteiger partial charge >= 0.3 is 17.9 Å². The Kier molecular flexibility index (Phi) is 65.1. The molecule has 0 aromatic rings. The molecular formula is C71H136O6. The second-order valence-electron chi connectivity index (χ2n) is 24.2. The maximum atomic E-state index is 12.9. The summed E-state index contributed by atoms with van der Waals surface area (Å²) in [5.74, 6) is -0.846. The van der Waals surface area contributed by atoms with Gasteiger partial charge in [-0.2, -0.15) is 0 Å². The molecule has 0 saturated carbocycles. The second-order valence-corrected chi connectivity index (χ2v) is 24.2. The highest BCUT2D eigenvalue weighted by atomic mass is 16.6.